The minimum absolute atomic E-state index is 0.00668. The number of carbonyl (C=O) groups excluding carboxylic acids is 2. The van der Waals surface area contributed by atoms with E-state index in [1.165, 1.54) is 0 Å². The summed E-state index contributed by atoms with van der Waals surface area (Å²) in [6, 6.07) is 18.1. The maximum absolute atomic E-state index is 13.2. The third kappa shape index (κ3) is 4.14. The molecule has 0 spiro atoms. The van der Waals surface area contributed by atoms with Crippen LogP contribution in [0.4, 0.5) is 0 Å². The molecule has 6 heteroatoms. The van der Waals surface area contributed by atoms with E-state index in [-0.39, 0.29) is 24.3 Å². The van der Waals surface area contributed by atoms with Crippen molar-refractivity contribution in [1.82, 2.24) is 19.4 Å². The number of likely N-dealkylation sites (tertiary alicyclic amines) is 2. The van der Waals surface area contributed by atoms with Crippen molar-refractivity contribution >= 4 is 22.8 Å². The highest BCUT2D eigenvalue weighted by molar-refractivity contribution is 5.83. The molecule has 3 heterocycles. The first kappa shape index (κ1) is 20.7. The molecule has 1 atom stereocenters. The molecule has 2 saturated heterocycles. The Labute approximate surface area is 188 Å². The first-order valence-electron chi connectivity index (χ1n) is 11.6. The maximum Gasteiger partial charge on any atom is 0.242 e. The molecule has 2 aliphatic heterocycles. The summed E-state index contributed by atoms with van der Waals surface area (Å²) in [7, 11) is 0. The van der Waals surface area contributed by atoms with Gasteiger partial charge >= 0.3 is 0 Å². The number of para-hydroxylation sites is 2. The lowest BCUT2D eigenvalue weighted by atomic mass is 9.99. The number of piperidine rings is 1. The van der Waals surface area contributed by atoms with E-state index >= 15 is 0 Å². The Kier molecular flexibility index (Phi) is 5.68. The van der Waals surface area contributed by atoms with E-state index in [1.807, 2.05) is 64.4 Å². The summed E-state index contributed by atoms with van der Waals surface area (Å²) in [4.78, 5) is 34.8. The highest BCUT2D eigenvalue weighted by Crippen LogP contribution is 2.31. The van der Waals surface area contributed by atoms with Gasteiger partial charge in [0.05, 0.1) is 11.0 Å². The van der Waals surface area contributed by atoms with Crippen molar-refractivity contribution < 1.29 is 9.59 Å². The van der Waals surface area contributed by atoms with Crippen molar-refractivity contribution in [3.05, 3.63) is 66.0 Å². The number of fused-ring (bicyclic) bond motifs is 1. The van der Waals surface area contributed by atoms with Crippen molar-refractivity contribution in [3.8, 4) is 0 Å². The standard InChI is InChI=1S/C26H30N4O2/c1-19-11-13-28(14-12-19)25(32)18-30-23-10-6-5-9-22(23)27-26(30)21-15-24(31)29(17-21)16-20-7-3-2-4-8-20/h2-10,19,21H,11-18H2,1H3. The lowest BCUT2D eigenvalue weighted by Crippen LogP contribution is -2.40. The van der Waals surface area contributed by atoms with Gasteiger partial charge in [-0.05, 0) is 36.5 Å². The molecular weight excluding hydrogens is 400 g/mol. The average molecular weight is 431 g/mol. The fraction of sp³-hybridized carbons (Fsp3) is 0.423. The van der Waals surface area contributed by atoms with Gasteiger partial charge in [-0.3, -0.25) is 9.59 Å². The van der Waals surface area contributed by atoms with E-state index in [2.05, 4.69) is 11.5 Å². The fourth-order valence-electron chi connectivity index (χ4n) is 4.97. The number of nitrogens with zero attached hydrogens (tertiary/aromatic N) is 4. The number of imidazole rings is 1. The highest BCUT2D eigenvalue weighted by Gasteiger charge is 2.34. The topological polar surface area (TPSA) is 58.4 Å². The number of carbonyl (C=O) groups is 2. The molecule has 1 unspecified atom stereocenters. The lowest BCUT2D eigenvalue weighted by molar-refractivity contribution is -0.133. The van der Waals surface area contributed by atoms with Crippen molar-refractivity contribution in [2.75, 3.05) is 19.6 Å². The molecular formula is C26H30N4O2. The van der Waals surface area contributed by atoms with Gasteiger partial charge in [-0.1, -0.05) is 49.4 Å². The number of amides is 2. The van der Waals surface area contributed by atoms with E-state index in [9.17, 15) is 9.59 Å². The molecule has 0 radical (unpaired) electrons. The summed E-state index contributed by atoms with van der Waals surface area (Å²) in [5, 5.41) is 0. The summed E-state index contributed by atoms with van der Waals surface area (Å²) in [5.74, 6) is 1.82. The molecule has 2 amide bonds. The molecule has 0 N–H and O–H groups in total. The molecule has 2 aromatic carbocycles. The quantitative estimate of drug-likeness (QED) is 0.618. The number of rotatable bonds is 5. The normalized spacial score (nSPS) is 19.8. The first-order valence-corrected chi connectivity index (χ1v) is 11.6. The SMILES string of the molecule is CC1CCN(C(=O)Cn2c(C3CC(=O)N(Cc4ccccc4)C3)nc3ccccc32)CC1. The van der Waals surface area contributed by atoms with E-state index in [1.54, 1.807) is 0 Å². The van der Waals surface area contributed by atoms with Gasteiger partial charge in [-0.25, -0.2) is 4.98 Å². The van der Waals surface area contributed by atoms with Crippen molar-refractivity contribution in [2.24, 2.45) is 5.92 Å². The van der Waals surface area contributed by atoms with Crippen LogP contribution in [0.2, 0.25) is 0 Å². The molecule has 6 nitrogen and oxygen atoms in total. The molecule has 2 aliphatic rings. The van der Waals surface area contributed by atoms with Crippen LogP contribution in [0, 0.1) is 5.92 Å². The summed E-state index contributed by atoms with van der Waals surface area (Å²) < 4.78 is 2.06. The van der Waals surface area contributed by atoms with Crippen molar-refractivity contribution in [3.63, 3.8) is 0 Å². The summed E-state index contributed by atoms with van der Waals surface area (Å²) >= 11 is 0. The zero-order valence-electron chi connectivity index (χ0n) is 18.6. The third-order valence-corrected chi connectivity index (χ3v) is 6.91. The zero-order valence-corrected chi connectivity index (χ0v) is 18.6. The molecule has 0 saturated carbocycles. The van der Waals surface area contributed by atoms with Crippen LogP contribution in [0.3, 0.4) is 0 Å². The Morgan fingerprint density at radius 1 is 1.03 bits per heavy atom. The van der Waals surface area contributed by atoms with Crippen LogP contribution in [-0.2, 0) is 22.7 Å². The molecule has 166 valence electrons. The summed E-state index contributed by atoms with van der Waals surface area (Å²) in [6.45, 7) is 5.44. The van der Waals surface area contributed by atoms with Crippen LogP contribution in [-0.4, -0.2) is 50.8 Å². The van der Waals surface area contributed by atoms with Gasteiger partial charge in [-0.2, -0.15) is 0 Å². The second-order valence-electron chi connectivity index (χ2n) is 9.27. The molecule has 32 heavy (non-hydrogen) atoms. The Balaban J connectivity index is 1.39. The first-order chi connectivity index (χ1) is 15.6. The summed E-state index contributed by atoms with van der Waals surface area (Å²) in [5.41, 5.74) is 2.98. The predicted molar refractivity (Wildman–Crippen MR) is 124 cm³/mol. The lowest BCUT2D eigenvalue weighted by Gasteiger charge is -2.30. The highest BCUT2D eigenvalue weighted by atomic mass is 16.2. The van der Waals surface area contributed by atoms with Crippen LogP contribution < -0.4 is 0 Å². The molecule has 3 aromatic rings. The van der Waals surface area contributed by atoms with Gasteiger partial charge in [0, 0.05) is 38.5 Å². The molecule has 2 fully saturated rings. The largest absolute Gasteiger partial charge is 0.341 e. The number of benzene rings is 2. The molecule has 1 aromatic heterocycles. The minimum atomic E-state index is -0.00668. The van der Waals surface area contributed by atoms with Gasteiger partial charge in [0.25, 0.3) is 0 Å². The maximum atomic E-state index is 13.2. The van der Waals surface area contributed by atoms with Gasteiger partial charge in [0.15, 0.2) is 0 Å². The average Bonchev–Trinajstić information content (AvgIpc) is 3.35. The van der Waals surface area contributed by atoms with Crippen LogP contribution in [0.25, 0.3) is 11.0 Å². The van der Waals surface area contributed by atoms with Crippen LogP contribution >= 0.6 is 0 Å². The Morgan fingerprint density at radius 3 is 2.53 bits per heavy atom. The minimum Gasteiger partial charge on any atom is -0.341 e. The van der Waals surface area contributed by atoms with Crippen molar-refractivity contribution in [2.45, 2.75) is 45.2 Å². The van der Waals surface area contributed by atoms with Crippen LogP contribution in [0.15, 0.2) is 54.6 Å². The van der Waals surface area contributed by atoms with Gasteiger partial charge < -0.3 is 14.4 Å². The second-order valence-corrected chi connectivity index (χ2v) is 9.27. The monoisotopic (exact) mass is 430 g/mol. The molecule has 0 bridgehead atoms. The predicted octanol–water partition coefficient (Wildman–Crippen LogP) is 3.81. The Hall–Kier alpha value is -3.15. The van der Waals surface area contributed by atoms with E-state index in [0.29, 0.717) is 25.4 Å². The van der Waals surface area contributed by atoms with Gasteiger partial charge in [0.1, 0.15) is 12.4 Å². The third-order valence-electron chi connectivity index (χ3n) is 6.91. The Bertz CT molecular complexity index is 1120. The van der Waals surface area contributed by atoms with E-state index in [4.69, 9.17) is 4.98 Å². The number of hydrogen-bond donors (Lipinski definition) is 0. The van der Waals surface area contributed by atoms with Gasteiger partial charge in [0.2, 0.25) is 11.8 Å². The van der Waals surface area contributed by atoms with Crippen LogP contribution in [0.1, 0.15) is 43.5 Å². The van der Waals surface area contributed by atoms with E-state index in [0.717, 1.165) is 48.4 Å². The Morgan fingerprint density at radius 2 is 1.75 bits per heavy atom. The van der Waals surface area contributed by atoms with E-state index < -0.39 is 0 Å². The zero-order chi connectivity index (χ0) is 22.1. The number of aromatic nitrogens is 2. The van der Waals surface area contributed by atoms with Crippen LogP contribution in [0.5, 0.6) is 0 Å². The fourth-order valence-corrected chi connectivity index (χ4v) is 4.97. The smallest absolute Gasteiger partial charge is 0.242 e. The molecule has 0 aliphatic carbocycles. The second kappa shape index (κ2) is 8.77. The van der Waals surface area contributed by atoms with Gasteiger partial charge in [-0.15, -0.1) is 0 Å². The van der Waals surface area contributed by atoms with Crippen molar-refractivity contribution in [1.29, 1.82) is 0 Å². The summed E-state index contributed by atoms with van der Waals surface area (Å²) in [6.07, 6.45) is 2.56. The number of hydrogen-bond acceptors (Lipinski definition) is 3. The molecule has 5 rings (SSSR count).